The zero-order valence-electron chi connectivity index (χ0n) is 27.3. The van der Waals surface area contributed by atoms with E-state index in [-0.39, 0.29) is 6.04 Å². The first kappa shape index (κ1) is 38.4. The van der Waals surface area contributed by atoms with Crippen LogP contribution in [-0.2, 0) is 4.79 Å². The first-order valence-electron chi connectivity index (χ1n) is 18.1. The van der Waals surface area contributed by atoms with Crippen LogP contribution < -0.4 is 0 Å². The molecule has 39 heavy (non-hydrogen) atoms. The second-order valence-corrected chi connectivity index (χ2v) is 12.6. The van der Waals surface area contributed by atoms with Gasteiger partial charge in [-0.3, -0.25) is 9.69 Å². The van der Waals surface area contributed by atoms with Crippen molar-refractivity contribution in [3.05, 3.63) is 0 Å². The van der Waals surface area contributed by atoms with Gasteiger partial charge in [-0.15, -0.1) is 0 Å². The van der Waals surface area contributed by atoms with Crippen LogP contribution in [0.3, 0.4) is 0 Å². The van der Waals surface area contributed by atoms with Crippen molar-refractivity contribution in [3.63, 3.8) is 0 Å². The van der Waals surface area contributed by atoms with Crippen LogP contribution in [0.1, 0.15) is 207 Å². The number of carbonyl (C=O) groups is 1. The number of aliphatic carboxylic acids is 1. The Kier molecular flexibility index (Phi) is 31.5. The van der Waals surface area contributed by atoms with Crippen LogP contribution >= 0.6 is 0 Å². The molecule has 0 aromatic carbocycles. The molecule has 0 saturated heterocycles. The van der Waals surface area contributed by atoms with Crippen LogP contribution in [0.25, 0.3) is 0 Å². The van der Waals surface area contributed by atoms with E-state index in [0.29, 0.717) is 6.42 Å². The molecule has 0 amide bonds. The van der Waals surface area contributed by atoms with Gasteiger partial charge in [0.05, 0.1) is 6.42 Å². The Morgan fingerprint density at radius 2 is 0.744 bits per heavy atom. The quantitative estimate of drug-likeness (QED) is 0.0824. The van der Waals surface area contributed by atoms with Gasteiger partial charge in [-0.05, 0) is 32.4 Å². The number of carboxylic acid groups (broad SMARTS) is 1. The highest BCUT2D eigenvalue weighted by Gasteiger charge is 2.20. The third kappa shape index (κ3) is 28.7. The summed E-state index contributed by atoms with van der Waals surface area (Å²) in [4.78, 5) is 14.1. The molecule has 0 spiro atoms. The van der Waals surface area contributed by atoms with Gasteiger partial charge < -0.3 is 5.11 Å². The number of hydrogen-bond acceptors (Lipinski definition) is 2. The lowest BCUT2D eigenvalue weighted by atomic mass is 10.0. The average Bonchev–Trinajstić information content (AvgIpc) is 2.92. The van der Waals surface area contributed by atoms with Crippen LogP contribution in [0.5, 0.6) is 0 Å². The molecule has 0 bridgehead atoms. The molecular weight excluding hydrogens is 478 g/mol. The van der Waals surface area contributed by atoms with E-state index in [1.54, 1.807) is 0 Å². The maximum Gasteiger partial charge on any atom is 0.304 e. The van der Waals surface area contributed by atoms with Crippen molar-refractivity contribution in [1.82, 2.24) is 4.90 Å². The van der Waals surface area contributed by atoms with E-state index in [0.717, 1.165) is 25.9 Å². The van der Waals surface area contributed by atoms with Crippen molar-refractivity contribution >= 4 is 5.97 Å². The van der Waals surface area contributed by atoms with Gasteiger partial charge in [0.15, 0.2) is 0 Å². The number of nitrogens with zero attached hydrogens (tertiary/aromatic N) is 1. The number of carboxylic acids is 1. The summed E-state index contributed by atoms with van der Waals surface area (Å²) in [5.74, 6) is -0.630. The van der Waals surface area contributed by atoms with Gasteiger partial charge >= 0.3 is 5.97 Å². The molecule has 0 aromatic rings. The lowest BCUT2D eigenvalue weighted by molar-refractivity contribution is -0.138. The Morgan fingerprint density at radius 3 is 1.00 bits per heavy atom. The summed E-state index contributed by atoms with van der Waals surface area (Å²) >= 11 is 0. The second-order valence-electron chi connectivity index (χ2n) is 12.6. The maximum atomic E-state index is 11.5. The molecule has 0 heterocycles. The molecule has 0 aliphatic heterocycles. The van der Waals surface area contributed by atoms with E-state index in [1.165, 1.54) is 167 Å². The van der Waals surface area contributed by atoms with E-state index >= 15 is 0 Å². The molecule has 1 N–H and O–H groups in total. The van der Waals surface area contributed by atoms with Crippen LogP contribution in [0.15, 0.2) is 0 Å². The van der Waals surface area contributed by atoms with Crippen LogP contribution in [-0.4, -0.2) is 35.1 Å². The normalized spacial score (nSPS) is 12.4. The van der Waals surface area contributed by atoms with E-state index in [9.17, 15) is 9.90 Å². The van der Waals surface area contributed by atoms with Crippen LogP contribution in [0.4, 0.5) is 0 Å². The molecule has 3 nitrogen and oxygen atoms in total. The summed E-state index contributed by atoms with van der Waals surface area (Å²) in [6, 6.07) is 0.224. The first-order chi connectivity index (χ1) is 19.2. The fraction of sp³-hybridized carbons (Fsp3) is 0.972. The van der Waals surface area contributed by atoms with Gasteiger partial charge in [0.2, 0.25) is 0 Å². The summed E-state index contributed by atoms with van der Waals surface area (Å²) in [7, 11) is 0. The van der Waals surface area contributed by atoms with E-state index < -0.39 is 5.97 Å². The molecule has 1 atom stereocenters. The molecule has 3 heteroatoms. The van der Waals surface area contributed by atoms with Gasteiger partial charge in [0.25, 0.3) is 0 Å². The molecule has 234 valence electrons. The highest BCUT2D eigenvalue weighted by atomic mass is 16.4. The summed E-state index contributed by atoms with van der Waals surface area (Å²) in [5.41, 5.74) is 0. The molecule has 0 aliphatic rings. The Bertz CT molecular complexity index is 451. The van der Waals surface area contributed by atoms with E-state index in [4.69, 9.17) is 0 Å². The predicted octanol–water partition coefficient (Wildman–Crippen LogP) is 12.1. The van der Waals surface area contributed by atoms with Crippen molar-refractivity contribution < 1.29 is 9.90 Å². The van der Waals surface area contributed by atoms with Gasteiger partial charge in [-0.2, -0.15) is 0 Å². The minimum absolute atomic E-state index is 0.224. The average molecular weight is 552 g/mol. The molecule has 0 rings (SSSR count). The van der Waals surface area contributed by atoms with Gasteiger partial charge in [-0.1, -0.05) is 181 Å². The topological polar surface area (TPSA) is 40.5 Å². The molecule has 0 radical (unpaired) electrons. The van der Waals surface area contributed by atoms with Crippen LogP contribution in [0, 0.1) is 0 Å². The SMILES string of the molecule is CCCCCCCCCCCCCCCN(CCCCCCCCCCCCCCC)C(CCC)CC(=O)O. The minimum atomic E-state index is -0.630. The Labute approximate surface area is 246 Å². The lowest BCUT2D eigenvalue weighted by Gasteiger charge is -2.31. The molecule has 0 saturated carbocycles. The number of hydrogen-bond donors (Lipinski definition) is 1. The highest BCUT2D eigenvalue weighted by molar-refractivity contribution is 5.67. The molecular formula is C36H73NO2. The summed E-state index contributed by atoms with van der Waals surface area (Å²) in [6.45, 7) is 8.96. The number of rotatable bonds is 33. The van der Waals surface area contributed by atoms with Gasteiger partial charge in [0, 0.05) is 6.04 Å². The van der Waals surface area contributed by atoms with E-state index in [2.05, 4.69) is 25.7 Å². The summed E-state index contributed by atoms with van der Waals surface area (Å²) in [5, 5.41) is 9.50. The highest BCUT2D eigenvalue weighted by Crippen LogP contribution is 2.18. The second kappa shape index (κ2) is 32.0. The Morgan fingerprint density at radius 1 is 0.462 bits per heavy atom. The van der Waals surface area contributed by atoms with Crippen molar-refractivity contribution in [3.8, 4) is 0 Å². The third-order valence-electron chi connectivity index (χ3n) is 8.65. The number of unbranched alkanes of at least 4 members (excludes halogenated alkanes) is 24. The van der Waals surface area contributed by atoms with Crippen molar-refractivity contribution in [1.29, 1.82) is 0 Å². The van der Waals surface area contributed by atoms with Gasteiger partial charge in [0.1, 0.15) is 0 Å². The minimum Gasteiger partial charge on any atom is -0.481 e. The molecule has 0 aliphatic carbocycles. The summed E-state index contributed by atoms with van der Waals surface area (Å²) in [6.07, 6.45) is 38.4. The zero-order valence-corrected chi connectivity index (χ0v) is 27.3. The van der Waals surface area contributed by atoms with Crippen molar-refractivity contribution in [2.75, 3.05) is 13.1 Å². The third-order valence-corrected chi connectivity index (χ3v) is 8.65. The standard InChI is InChI=1S/C36H73NO2/c1-4-7-9-11-13-15-17-19-21-23-25-27-29-32-37(35(31-6-3)34-36(38)39)33-30-28-26-24-22-20-18-16-14-12-10-8-5-2/h35H,4-34H2,1-3H3,(H,38,39). The Balaban J connectivity index is 3.98. The van der Waals surface area contributed by atoms with Crippen LogP contribution in [0.2, 0.25) is 0 Å². The largest absolute Gasteiger partial charge is 0.481 e. The summed E-state index contributed by atoms with van der Waals surface area (Å²) < 4.78 is 0. The fourth-order valence-electron chi connectivity index (χ4n) is 6.09. The smallest absolute Gasteiger partial charge is 0.304 e. The predicted molar refractivity (Wildman–Crippen MR) is 174 cm³/mol. The van der Waals surface area contributed by atoms with Crippen molar-refractivity contribution in [2.24, 2.45) is 0 Å². The molecule has 0 aromatic heterocycles. The van der Waals surface area contributed by atoms with Gasteiger partial charge in [-0.25, -0.2) is 0 Å². The molecule has 1 unspecified atom stereocenters. The Hall–Kier alpha value is -0.570. The fourth-order valence-corrected chi connectivity index (χ4v) is 6.09. The maximum absolute atomic E-state index is 11.5. The zero-order chi connectivity index (χ0) is 28.7. The molecule has 0 fully saturated rings. The van der Waals surface area contributed by atoms with E-state index in [1.807, 2.05) is 0 Å². The first-order valence-corrected chi connectivity index (χ1v) is 18.1. The lowest BCUT2D eigenvalue weighted by Crippen LogP contribution is -2.38. The van der Waals surface area contributed by atoms with Crippen molar-refractivity contribution in [2.45, 2.75) is 213 Å². The monoisotopic (exact) mass is 552 g/mol.